The summed E-state index contributed by atoms with van der Waals surface area (Å²) in [5.74, 6) is 0. The van der Waals surface area contributed by atoms with Crippen molar-refractivity contribution in [2.45, 2.75) is 0 Å². The molecule has 0 amide bonds. The standard InChI is InChI=1S/Cl2P.FH/c1-3-2;/h;1H. The Hall–Kier alpha value is 0.940. The molecule has 1 radical (unpaired) electrons. The van der Waals surface area contributed by atoms with E-state index in [1.54, 1.807) is 0 Å². The molecule has 0 aliphatic carbocycles. The maximum Gasteiger partial charge on any atom is 0.141 e. The van der Waals surface area contributed by atoms with Gasteiger partial charge in [-0.2, -0.15) is 0 Å². The molecule has 0 rings (SSSR count). The summed E-state index contributed by atoms with van der Waals surface area (Å²) in [7, 11) is 0.361. The molecular weight excluding hydrogens is 121 g/mol. The van der Waals surface area contributed by atoms with E-state index >= 15 is 0 Å². The Morgan fingerprint density at radius 1 is 1.25 bits per heavy atom. The molecule has 4 heavy (non-hydrogen) atoms. The lowest BCUT2D eigenvalue weighted by Crippen LogP contribution is -0.641. The van der Waals surface area contributed by atoms with Gasteiger partial charge in [0, 0.05) is 0 Å². The fourth-order valence-electron chi connectivity index (χ4n) is 0. The topological polar surface area (TPSA) is 0 Å². The molecule has 0 spiro atoms. The third kappa shape index (κ3) is 12.5. The molecule has 0 heterocycles. The molecule has 0 saturated carbocycles. The Labute approximate surface area is 35.2 Å². The van der Waals surface area contributed by atoms with Crippen molar-refractivity contribution >= 4 is 29.8 Å². The summed E-state index contributed by atoms with van der Waals surface area (Å²) in [4.78, 5) is 0. The van der Waals surface area contributed by atoms with E-state index in [0.717, 1.165) is 0 Å². The number of hydrogen-bond acceptors (Lipinski definition) is 0. The molecule has 0 N–H and O–H groups in total. The van der Waals surface area contributed by atoms with Crippen LogP contribution < -0.4 is 0 Å². The van der Waals surface area contributed by atoms with Crippen LogP contribution in [-0.2, 0) is 0 Å². The second-order valence-corrected chi connectivity index (χ2v) is 1.72. The fraction of sp³-hybridized carbons (Fsp3) is 0. The summed E-state index contributed by atoms with van der Waals surface area (Å²) in [6.07, 6.45) is 0. The van der Waals surface area contributed by atoms with Crippen LogP contribution in [0.3, 0.4) is 0 Å². The van der Waals surface area contributed by atoms with E-state index in [-0.39, 0.29) is 4.70 Å². The summed E-state index contributed by atoms with van der Waals surface area (Å²) >= 11 is 9.47. The van der Waals surface area contributed by atoms with Crippen LogP contribution in [0.2, 0.25) is 0 Å². The Morgan fingerprint density at radius 2 is 1.25 bits per heavy atom. The molecule has 0 fully saturated rings. The summed E-state index contributed by atoms with van der Waals surface area (Å²) < 4.78 is 0. The minimum absolute atomic E-state index is 0. The zero-order chi connectivity index (χ0) is 2.71. The van der Waals surface area contributed by atoms with E-state index < -0.39 is 0 Å². The highest BCUT2D eigenvalue weighted by Gasteiger charge is 1.45. The summed E-state index contributed by atoms with van der Waals surface area (Å²) in [6.45, 7) is 0. The van der Waals surface area contributed by atoms with E-state index in [1.165, 1.54) is 0 Å². The first kappa shape index (κ1) is 8.87. The SMILES string of the molecule is Cl[P]Cl.F. The minimum atomic E-state index is 0. The molecule has 0 atom stereocenters. The molecule has 0 aliphatic rings. The predicted molar refractivity (Wildman–Crippen MR) is 21.1 cm³/mol. The third-order valence-electron chi connectivity index (χ3n) is 0. The van der Waals surface area contributed by atoms with Crippen LogP contribution in [-0.4, -0.2) is 0 Å². The van der Waals surface area contributed by atoms with Crippen molar-refractivity contribution in [1.82, 2.24) is 0 Å². The molecular formula is HCl2FP. The normalized spacial score (nSPS) is 4.50. The monoisotopic (exact) mass is 121 g/mol. The van der Waals surface area contributed by atoms with Crippen LogP contribution in [0.4, 0.5) is 4.70 Å². The molecule has 0 aromatic heterocycles. The summed E-state index contributed by atoms with van der Waals surface area (Å²) in [5.41, 5.74) is 0. The fourth-order valence-corrected chi connectivity index (χ4v) is 0. The van der Waals surface area contributed by atoms with Gasteiger partial charge in [-0.05, 0) is 0 Å². The van der Waals surface area contributed by atoms with Crippen LogP contribution >= 0.6 is 29.8 Å². The molecule has 0 saturated heterocycles. The van der Waals surface area contributed by atoms with Gasteiger partial charge in [0.1, 0.15) is 7.29 Å². The number of rotatable bonds is 0. The van der Waals surface area contributed by atoms with Crippen molar-refractivity contribution in [3.05, 3.63) is 0 Å². The quantitative estimate of drug-likeness (QED) is 0.432. The Balaban J connectivity index is 0. The third-order valence-corrected chi connectivity index (χ3v) is 0. The second-order valence-electron chi connectivity index (χ2n) is 0.0639. The lowest BCUT2D eigenvalue weighted by molar-refractivity contribution is 1.11. The van der Waals surface area contributed by atoms with Gasteiger partial charge < -0.3 is 0 Å². The smallest absolute Gasteiger partial charge is 0.141 e. The Kier molecular flexibility index (Phi) is 20.1. The van der Waals surface area contributed by atoms with E-state index in [2.05, 4.69) is 0 Å². The maximum absolute atomic E-state index is 4.74. The minimum Gasteiger partial charge on any atom is -0.269 e. The van der Waals surface area contributed by atoms with Gasteiger partial charge in [-0.1, -0.05) is 22.5 Å². The van der Waals surface area contributed by atoms with Crippen molar-refractivity contribution in [1.29, 1.82) is 0 Å². The number of hydrogen-bond donors (Lipinski definition) is 0. The first-order valence-corrected chi connectivity index (χ1v) is 3.04. The maximum atomic E-state index is 4.74. The average Bonchev–Trinajstić information content (AvgIpc) is 0.918. The van der Waals surface area contributed by atoms with Gasteiger partial charge in [0.15, 0.2) is 0 Å². The van der Waals surface area contributed by atoms with Crippen LogP contribution in [0, 0.1) is 0 Å². The van der Waals surface area contributed by atoms with Gasteiger partial charge in [-0.15, -0.1) is 0 Å². The first-order chi connectivity index (χ1) is 1.41. The largest absolute Gasteiger partial charge is 0.269 e. The zero-order valence-corrected chi connectivity index (χ0v) is 4.02. The van der Waals surface area contributed by atoms with Gasteiger partial charge in [0.25, 0.3) is 0 Å². The lowest BCUT2D eigenvalue weighted by atomic mass is 19.0. The molecule has 0 nitrogen and oxygen atoms in total. The molecule has 0 bridgehead atoms. The Morgan fingerprint density at radius 3 is 1.25 bits per heavy atom. The van der Waals surface area contributed by atoms with Crippen LogP contribution in [0.25, 0.3) is 0 Å². The summed E-state index contributed by atoms with van der Waals surface area (Å²) in [5, 5.41) is 0. The van der Waals surface area contributed by atoms with Gasteiger partial charge in [0.2, 0.25) is 0 Å². The second kappa shape index (κ2) is 9.05. The van der Waals surface area contributed by atoms with Gasteiger partial charge >= 0.3 is 0 Å². The molecule has 0 unspecified atom stereocenters. The molecule has 4 heteroatoms. The van der Waals surface area contributed by atoms with Crippen LogP contribution in [0.15, 0.2) is 0 Å². The van der Waals surface area contributed by atoms with Crippen molar-refractivity contribution < 1.29 is 4.70 Å². The van der Waals surface area contributed by atoms with E-state index in [9.17, 15) is 0 Å². The van der Waals surface area contributed by atoms with Gasteiger partial charge in [-0.25, -0.2) is 0 Å². The zero-order valence-electron chi connectivity index (χ0n) is 1.61. The predicted octanol–water partition coefficient (Wildman–Crippen LogP) is 2.39. The molecule has 27 valence electrons. The Bertz CT molecular complexity index is 6.00. The van der Waals surface area contributed by atoms with Crippen LogP contribution in [0.1, 0.15) is 0 Å². The van der Waals surface area contributed by atoms with Crippen molar-refractivity contribution in [3.63, 3.8) is 0 Å². The van der Waals surface area contributed by atoms with Gasteiger partial charge in [0.05, 0.1) is 0 Å². The first-order valence-electron chi connectivity index (χ1n) is 0.338. The van der Waals surface area contributed by atoms with E-state index in [0.29, 0.717) is 7.29 Å². The highest BCUT2D eigenvalue weighted by molar-refractivity contribution is 7.90. The molecule has 0 aromatic carbocycles. The van der Waals surface area contributed by atoms with Crippen molar-refractivity contribution in [2.24, 2.45) is 0 Å². The molecule has 0 aliphatic heterocycles. The highest BCUT2D eigenvalue weighted by atomic mass is 35.9. The van der Waals surface area contributed by atoms with Gasteiger partial charge in [-0.3, -0.25) is 4.70 Å². The average molecular weight is 122 g/mol. The van der Waals surface area contributed by atoms with E-state index in [4.69, 9.17) is 22.5 Å². The van der Waals surface area contributed by atoms with Crippen molar-refractivity contribution in [3.8, 4) is 0 Å². The number of halogens is 3. The van der Waals surface area contributed by atoms with Crippen LogP contribution in [0.5, 0.6) is 0 Å². The summed E-state index contributed by atoms with van der Waals surface area (Å²) in [6, 6.07) is 0. The highest BCUT2D eigenvalue weighted by Crippen LogP contribution is 2.19. The lowest BCUT2D eigenvalue weighted by Gasteiger charge is -1.38. The van der Waals surface area contributed by atoms with E-state index in [1.807, 2.05) is 0 Å². The van der Waals surface area contributed by atoms with Crippen molar-refractivity contribution in [2.75, 3.05) is 0 Å². The molecule has 0 aromatic rings.